The van der Waals surface area contributed by atoms with Gasteiger partial charge in [-0.1, -0.05) is 91.0 Å². The quantitative estimate of drug-likeness (QED) is 0.0180. The maximum Gasteiger partial charge on any atom is 0.407 e. The lowest BCUT2D eigenvalue weighted by molar-refractivity contribution is -0.155. The monoisotopic (exact) mass is 1650 g/mol. The van der Waals surface area contributed by atoms with Crippen LogP contribution in [0.1, 0.15) is 197 Å². The topological polar surface area (TPSA) is 627 Å². The summed E-state index contributed by atoms with van der Waals surface area (Å²) < 4.78 is 11.3. The Hall–Kier alpha value is -9.61. The number of rotatable bonds is 26. The van der Waals surface area contributed by atoms with Crippen LogP contribution in [-0.4, -0.2) is 287 Å². The summed E-state index contributed by atoms with van der Waals surface area (Å²) >= 11 is 0. The molecule has 0 radical (unpaired) electrons. The molecule has 0 aromatic heterocycles. The number of ether oxygens (including phenoxy) is 2. The van der Waals surface area contributed by atoms with Gasteiger partial charge in [0, 0.05) is 32.5 Å². The van der Waals surface area contributed by atoms with Crippen molar-refractivity contribution in [3.05, 3.63) is 23.8 Å². The lowest BCUT2D eigenvalue weighted by atomic mass is 9.99. The number of unbranched alkanes of at least 4 members (excludes halogenated alkanes) is 10. The van der Waals surface area contributed by atoms with Gasteiger partial charge in [-0.2, -0.15) is 0 Å². The first-order valence-electron chi connectivity index (χ1n) is 39.8. The number of benzene rings is 1. The second-order valence-electron chi connectivity index (χ2n) is 31.5. The number of alkyl carbamates (subject to hydrolysis) is 1. The predicted molar refractivity (Wildman–Crippen MR) is 415 cm³/mol. The first kappa shape index (κ1) is 98.8. The van der Waals surface area contributed by atoms with Crippen molar-refractivity contribution in [1.82, 2.24) is 68.3 Å². The minimum atomic E-state index is -2.25. The number of nitrogens with zero attached hydrogens (tertiary/aromatic N) is 2. The Kier molecular flexibility index (Phi) is 40.5. The maximum atomic E-state index is 14.8. The third-order valence-electron chi connectivity index (χ3n) is 19.8. The molecule has 40 heteroatoms. The third kappa shape index (κ3) is 32.1. The molecule has 0 bridgehead atoms. The van der Waals surface area contributed by atoms with E-state index in [-0.39, 0.29) is 49.2 Å². The molecule has 0 unspecified atom stereocenters. The molecule has 19 atom stereocenters. The first-order chi connectivity index (χ1) is 54.3. The summed E-state index contributed by atoms with van der Waals surface area (Å²) in [5.41, 5.74) is 10.6. The van der Waals surface area contributed by atoms with Crippen LogP contribution in [0, 0.1) is 5.92 Å². The molecule has 3 aliphatic rings. The normalized spacial score (nSPS) is 27.1. The number of hydrogen-bond acceptors (Lipinski definition) is 26. The summed E-state index contributed by atoms with van der Waals surface area (Å²) in [6.45, 7) is 13.2. The number of aliphatic hydroxyl groups excluding tert-OH is 7. The van der Waals surface area contributed by atoms with Crippen LogP contribution in [0.15, 0.2) is 18.2 Å². The van der Waals surface area contributed by atoms with Gasteiger partial charge in [-0.15, -0.1) is 0 Å². The molecule has 0 aliphatic carbocycles. The fourth-order valence-electron chi connectivity index (χ4n) is 13.4. The minimum absolute atomic E-state index is 0.00963. The summed E-state index contributed by atoms with van der Waals surface area (Å²) in [5.74, 6) is -17.9. The van der Waals surface area contributed by atoms with E-state index in [0.717, 1.165) is 90.4 Å². The number of hydrogen-bond donors (Lipinski definition) is 21. The number of nitrogen functional groups attached to an aromatic ring is 1. The van der Waals surface area contributed by atoms with E-state index in [2.05, 4.69) is 65.4 Å². The molecule has 116 heavy (non-hydrogen) atoms. The molecule has 654 valence electrons. The number of carbonyl (C=O) groups excluding carboxylic acids is 15. The van der Waals surface area contributed by atoms with E-state index in [0.29, 0.717) is 17.7 Å². The van der Waals surface area contributed by atoms with Crippen LogP contribution in [0.4, 0.5) is 10.5 Å². The largest absolute Gasteiger partial charge is 0.506 e. The van der Waals surface area contributed by atoms with E-state index < -0.39 is 261 Å². The fraction of sp³-hybridized carbons (Fsp3) is 0.724. The van der Waals surface area contributed by atoms with Crippen LogP contribution in [-0.2, 0) is 83.0 Å². The number of amides is 14. The van der Waals surface area contributed by atoms with Crippen molar-refractivity contribution in [2.45, 2.75) is 319 Å². The average Bonchev–Trinajstić information content (AvgIpc) is 1.64. The molecule has 1 aromatic rings. The number of anilines is 1. The van der Waals surface area contributed by atoms with Crippen molar-refractivity contribution in [2.24, 2.45) is 11.7 Å². The van der Waals surface area contributed by atoms with Crippen molar-refractivity contribution >= 4 is 94.5 Å². The van der Waals surface area contributed by atoms with Crippen molar-refractivity contribution in [3.63, 3.8) is 0 Å². The van der Waals surface area contributed by atoms with Gasteiger partial charge in [0.1, 0.15) is 83.9 Å². The van der Waals surface area contributed by atoms with E-state index in [1.54, 1.807) is 20.8 Å². The highest BCUT2D eigenvalue weighted by Crippen LogP contribution is 2.26. The summed E-state index contributed by atoms with van der Waals surface area (Å²) in [6.07, 6.45) is -8.04. The van der Waals surface area contributed by atoms with Crippen molar-refractivity contribution in [1.29, 1.82) is 0 Å². The zero-order chi connectivity index (χ0) is 87.2. The van der Waals surface area contributed by atoms with Gasteiger partial charge in [-0.3, -0.25) is 62.3 Å². The third-order valence-corrected chi connectivity index (χ3v) is 19.8. The molecule has 40 nitrogen and oxygen atoms in total. The lowest BCUT2D eigenvalue weighted by Gasteiger charge is -2.34. The molecule has 3 heterocycles. The summed E-state index contributed by atoms with van der Waals surface area (Å²) in [5, 5.41) is 114. The Balaban J connectivity index is 1.85. The van der Waals surface area contributed by atoms with Gasteiger partial charge in [0.2, 0.25) is 76.8 Å². The van der Waals surface area contributed by atoms with Crippen LogP contribution in [0.2, 0.25) is 0 Å². The molecule has 3 fully saturated rings. The molecule has 3 aliphatic heterocycles. The number of primary amides is 1. The molecular formula is C76H125N15O25. The van der Waals surface area contributed by atoms with Crippen LogP contribution in [0.3, 0.4) is 0 Å². The summed E-state index contributed by atoms with van der Waals surface area (Å²) in [7, 11) is 0. The molecule has 0 spiro atoms. The Bertz CT molecular complexity index is 3520. The molecule has 14 amide bonds. The number of nitrogens with two attached hydrogens (primary N) is 2. The van der Waals surface area contributed by atoms with Crippen LogP contribution in [0.5, 0.6) is 5.75 Å². The number of carbonyl (C=O) groups is 15. The number of fused-ring (bicyclic) bond motifs is 2. The number of aromatic hydroxyl groups is 1. The van der Waals surface area contributed by atoms with Gasteiger partial charge in [0.15, 0.2) is 0 Å². The second-order valence-corrected chi connectivity index (χ2v) is 31.5. The zero-order valence-corrected chi connectivity index (χ0v) is 68.1. The van der Waals surface area contributed by atoms with Crippen LogP contribution >= 0.6 is 0 Å². The average molecular weight is 1650 g/mol. The number of aliphatic hydroxyl groups is 7. The Labute approximate surface area is 674 Å². The van der Waals surface area contributed by atoms with E-state index in [9.17, 15) is 113 Å². The molecule has 23 N–H and O–H groups in total. The highest BCUT2D eigenvalue weighted by Gasteiger charge is 2.49. The fourth-order valence-corrected chi connectivity index (χ4v) is 13.4. The SMILES string of the molecule is CCCCCCCCCCCCC[C@@H]1CC(=O)N[C@H]([C@@H](C)O)C(=O)N[C@H](C)C(=O)N[C@@H](Cc2ccc(O)c(N)c2)C(=O)N[C@@H](C(C)C)C(=O)N2C[C@H](O)C[C@H]2C(=O)N[C@H]([C@@H](C)O)C(=O)N[C@@H]([C@@H](C)O)C(=O)N2CC[C@H](O)[C@H]2C(=O)N[C@@H]([C@H](O)CC(N)=O)C(=O)NCC(=O)N[C@H]([C@@H](C)O)C(=O)N[C@@H](CCCNC(=O)OC(C)(C)C)C(=O)O1. The summed E-state index contributed by atoms with van der Waals surface area (Å²) in [6, 6.07) is -16.5. The summed E-state index contributed by atoms with van der Waals surface area (Å²) in [4.78, 5) is 213. The minimum Gasteiger partial charge on any atom is -0.506 e. The number of phenolic OH excluding ortho intramolecular Hbond substituents is 1. The predicted octanol–water partition coefficient (Wildman–Crippen LogP) is -4.32. The Morgan fingerprint density at radius 2 is 1.11 bits per heavy atom. The smallest absolute Gasteiger partial charge is 0.407 e. The zero-order valence-electron chi connectivity index (χ0n) is 68.1. The molecular weight excluding hydrogens is 1520 g/mol. The van der Waals surface area contributed by atoms with Gasteiger partial charge in [-0.25, -0.2) is 9.59 Å². The van der Waals surface area contributed by atoms with Crippen LogP contribution in [0.25, 0.3) is 0 Å². The molecule has 0 saturated carbocycles. The Morgan fingerprint density at radius 3 is 1.67 bits per heavy atom. The molecule has 4 rings (SSSR count). The van der Waals surface area contributed by atoms with E-state index in [1.807, 2.05) is 0 Å². The Morgan fingerprint density at radius 1 is 0.595 bits per heavy atom. The van der Waals surface area contributed by atoms with Gasteiger partial charge in [0.05, 0.1) is 67.8 Å². The van der Waals surface area contributed by atoms with Gasteiger partial charge >= 0.3 is 12.1 Å². The first-order valence-corrected chi connectivity index (χ1v) is 39.8. The second kappa shape index (κ2) is 47.6. The van der Waals surface area contributed by atoms with Gasteiger partial charge < -0.3 is 130 Å². The van der Waals surface area contributed by atoms with Crippen molar-refractivity contribution in [2.75, 3.05) is 31.9 Å². The maximum absolute atomic E-state index is 14.8. The number of nitrogens with one attached hydrogen (secondary N) is 11. The van der Waals surface area contributed by atoms with E-state index in [1.165, 1.54) is 39.0 Å². The van der Waals surface area contributed by atoms with Crippen LogP contribution < -0.4 is 70.0 Å². The van der Waals surface area contributed by atoms with Gasteiger partial charge in [-0.05, 0) is 111 Å². The highest BCUT2D eigenvalue weighted by molar-refractivity contribution is 6.00. The highest BCUT2D eigenvalue weighted by atomic mass is 16.6. The molecule has 1 aromatic carbocycles. The number of phenols is 1. The van der Waals surface area contributed by atoms with E-state index >= 15 is 0 Å². The number of cyclic esters (lactones) is 1. The van der Waals surface area contributed by atoms with E-state index in [4.69, 9.17) is 20.9 Å². The van der Waals surface area contributed by atoms with Gasteiger partial charge in [0.25, 0.3) is 0 Å². The molecule has 3 saturated heterocycles. The van der Waals surface area contributed by atoms with Crippen molar-refractivity contribution in [3.8, 4) is 5.75 Å². The van der Waals surface area contributed by atoms with Crippen molar-refractivity contribution < 1.29 is 122 Å². The lowest BCUT2D eigenvalue weighted by Crippen LogP contribution is -2.64. The standard InChI is InChI=1S/C76H125N15O25/c1-12-13-14-15-16-17-18-19-20-21-22-24-46-34-55(101)84-58(40(5)92)68(107)81-39(4)64(103)83-49(32-44-26-27-51(97)47(77)31-44)65(104)86-57(38(2)3)72(111)91-37-45(96)33-50(91)66(105)87-60(42(7)94)70(109)88-61(43(8)95)73(112)90-30-28-52(98)63(90)71(110)89-62(53(99)35-54(78)100)67(106)80-36-56(102)85-59(41(6)93)69(108)82-48(74(113)115-46)25-23-29-79-75(114)116-76(9,10)11/h26-27,31,38-43,45-46,48-50,52-53,57-63,92-99H,12-25,28-30,32-37,77H2,1-11H3,(H2,78,100)(H,79,114)(H,80,106)(H,81,107)(H,82,108)(H,83,103)(H,84,101)(H,85,102)(H,86,104)(H,87,105)(H,88,109)(H,89,110)/t39-,40-,41-,42-,43-,45-,46-,48+,49+,50+,52+,53-,57+,58-,59-,60-,61+,62+,63+/m1/s1. The number of esters is 1.